The van der Waals surface area contributed by atoms with Crippen LogP contribution >= 0.6 is 0 Å². The molecule has 1 heterocycles. The lowest BCUT2D eigenvalue weighted by Gasteiger charge is -2.38. The summed E-state index contributed by atoms with van der Waals surface area (Å²) in [5.41, 5.74) is -0.508. The molecule has 2 rings (SSSR count). The van der Waals surface area contributed by atoms with E-state index in [1.807, 2.05) is 0 Å². The number of aliphatic carboxylic acids is 1. The van der Waals surface area contributed by atoms with E-state index in [0.29, 0.717) is 6.04 Å². The lowest BCUT2D eigenvalue weighted by atomic mass is 9.76. The van der Waals surface area contributed by atoms with Gasteiger partial charge in [0.1, 0.15) is 0 Å². The highest BCUT2D eigenvalue weighted by Crippen LogP contribution is 2.42. The van der Waals surface area contributed by atoms with E-state index in [9.17, 15) is 9.90 Å². The zero-order valence-electron chi connectivity index (χ0n) is 12.9. The first-order chi connectivity index (χ1) is 8.86. The predicted octanol–water partition coefficient (Wildman–Crippen LogP) is 3.24. The van der Waals surface area contributed by atoms with Gasteiger partial charge < -0.3 is 5.11 Å². The molecule has 0 aromatic carbocycles. The molecule has 0 aromatic heterocycles. The number of carboxylic acids is 1. The van der Waals surface area contributed by atoms with E-state index in [2.05, 4.69) is 32.6 Å². The van der Waals surface area contributed by atoms with E-state index in [-0.39, 0.29) is 5.92 Å². The zero-order chi connectivity index (χ0) is 14.2. The first-order valence-electron chi connectivity index (χ1n) is 7.84. The van der Waals surface area contributed by atoms with Gasteiger partial charge in [-0.3, -0.25) is 9.69 Å². The van der Waals surface area contributed by atoms with Gasteiger partial charge in [-0.05, 0) is 50.0 Å². The van der Waals surface area contributed by atoms with E-state index >= 15 is 0 Å². The van der Waals surface area contributed by atoms with Crippen molar-refractivity contribution in [2.24, 2.45) is 23.2 Å². The van der Waals surface area contributed by atoms with Crippen LogP contribution < -0.4 is 0 Å². The fourth-order valence-electron chi connectivity index (χ4n) is 3.92. The van der Waals surface area contributed by atoms with Gasteiger partial charge in [-0.25, -0.2) is 0 Å². The molecule has 1 aliphatic heterocycles. The number of hydrogen-bond acceptors (Lipinski definition) is 2. The molecule has 0 bridgehead atoms. The Morgan fingerprint density at radius 3 is 2.42 bits per heavy atom. The van der Waals surface area contributed by atoms with Gasteiger partial charge in [0.2, 0.25) is 0 Å². The van der Waals surface area contributed by atoms with E-state index in [4.69, 9.17) is 0 Å². The minimum atomic E-state index is -0.595. The molecule has 3 heteroatoms. The van der Waals surface area contributed by atoms with E-state index in [1.165, 1.54) is 19.3 Å². The molecule has 1 saturated heterocycles. The van der Waals surface area contributed by atoms with Crippen LogP contribution in [-0.2, 0) is 4.79 Å². The molecule has 3 nitrogen and oxygen atoms in total. The van der Waals surface area contributed by atoms with Gasteiger partial charge in [0.15, 0.2) is 0 Å². The lowest BCUT2D eigenvalue weighted by Crippen LogP contribution is -2.43. The van der Waals surface area contributed by atoms with Crippen molar-refractivity contribution in [1.82, 2.24) is 4.90 Å². The van der Waals surface area contributed by atoms with Gasteiger partial charge in [0.25, 0.3) is 0 Å². The van der Waals surface area contributed by atoms with E-state index < -0.39 is 11.4 Å². The molecular weight excluding hydrogens is 238 g/mol. The normalized spacial score (nSPS) is 40.8. The standard InChI is InChI=1S/C16H29NO2/c1-11(2)16(15(18)19)7-8-17(10-16)14-6-5-12(3)13(4)9-14/h11-14H,5-10H2,1-4H3,(H,18,19). The molecule has 2 fully saturated rings. The average molecular weight is 267 g/mol. The highest BCUT2D eigenvalue weighted by Gasteiger charge is 2.48. The molecule has 19 heavy (non-hydrogen) atoms. The van der Waals surface area contributed by atoms with Crippen molar-refractivity contribution in [2.75, 3.05) is 13.1 Å². The number of carboxylic acid groups (broad SMARTS) is 1. The summed E-state index contributed by atoms with van der Waals surface area (Å²) in [5.74, 6) is 1.22. The van der Waals surface area contributed by atoms with Gasteiger partial charge in [0.05, 0.1) is 5.41 Å². The summed E-state index contributed by atoms with van der Waals surface area (Å²) >= 11 is 0. The van der Waals surface area contributed by atoms with Crippen LogP contribution in [0.3, 0.4) is 0 Å². The quantitative estimate of drug-likeness (QED) is 0.853. The number of rotatable bonds is 3. The molecule has 0 aromatic rings. The van der Waals surface area contributed by atoms with Crippen LogP contribution in [0.5, 0.6) is 0 Å². The molecule has 4 unspecified atom stereocenters. The van der Waals surface area contributed by atoms with Crippen LogP contribution in [0, 0.1) is 23.2 Å². The monoisotopic (exact) mass is 267 g/mol. The van der Waals surface area contributed by atoms with E-state index in [1.54, 1.807) is 0 Å². The molecule has 4 atom stereocenters. The highest BCUT2D eigenvalue weighted by atomic mass is 16.4. The summed E-state index contributed by atoms with van der Waals surface area (Å²) < 4.78 is 0. The van der Waals surface area contributed by atoms with Crippen LogP contribution in [0.1, 0.15) is 53.4 Å². The molecule has 110 valence electrons. The third-order valence-corrected chi connectivity index (χ3v) is 5.95. The van der Waals surface area contributed by atoms with Crippen molar-refractivity contribution in [3.63, 3.8) is 0 Å². The third-order valence-electron chi connectivity index (χ3n) is 5.95. The van der Waals surface area contributed by atoms with Crippen LogP contribution in [0.15, 0.2) is 0 Å². The summed E-state index contributed by atoms with van der Waals surface area (Å²) in [6.07, 6.45) is 4.61. The number of nitrogens with zero attached hydrogens (tertiary/aromatic N) is 1. The fourth-order valence-corrected chi connectivity index (χ4v) is 3.92. The number of carbonyl (C=O) groups is 1. The molecule has 1 N–H and O–H groups in total. The Kier molecular flexibility index (Phi) is 4.24. The smallest absolute Gasteiger partial charge is 0.311 e. The van der Waals surface area contributed by atoms with Crippen LogP contribution in [-0.4, -0.2) is 35.1 Å². The first kappa shape index (κ1) is 14.8. The second-order valence-corrected chi connectivity index (χ2v) is 7.26. The topological polar surface area (TPSA) is 40.5 Å². The SMILES string of the molecule is CC1CCC(N2CCC(C(=O)O)(C(C)C)C2)CC1C. The van der Waals surface area contributed by atoms with E-state index in [0.717, 1.165) is 31.3 Å². The number of hydrogen-bond donors (Lipinski definition) is 1. The second kappa shape index (κ2) is 5.43. The predicted molar refractivity (Wildman–Crippen MR) is 77.1 cm³/mol. The maximum atomic E-state index is 11.7. The van der Waals surface area contributed by atoms with Crippen molar-refractivity contribution >= 4 is 5.97 Å². The average Bonchev–Trinajstić information content (AvgIpc) is 2.79. The van der Waals surface area contributed by atoms with Crippen LogP contribution in [0.25, 0.3) is 0 Å². The number of likely N-dealkylation sites (tertiary alicyclic amines) is 1. The Morgan fingerprint density at radius 2 is 1.95 bits per heavy atom. The van der Waals surface area contributed by atoms with Crippen LogP contribution in [0.2, 0.25) is 0 Å². The zero-order valence-corrected chi connectivity index (χ0v) is 12.9. The third kappa shape index (κ3) is 2.67. The lowest BCUT2D eigenvalue weighted by molar-refractivity contribution is -0.151. The maximum absolute atomic E-state index is 11.7. The summed E-state index contributed by atoms with van der Waals surface area (Å²) in [7, 11) is 0. The summed E-state index contributed by atoms with van der Waals surface area (Å²) in [5, 5.41) is 9.62. The van der Waals surface area contributed by atoms with Gasteiger partial charge in [0, 0.05) is 12.6 Å². The van der Waals surface area contributed by atoms with Crippen molar-refractivity contribution in [1.29, 1.82) is 0 Å². The van der Waals surface area contributed by atoms with Gasteiger partial charge in [-0.1, -0.05) is 27.7 Å². The molecule has 1 saturated carbocycles. The highest BCUT2D eigenvalue weighted by molar-refractivity contribution is 5.75. The minimum Gasteiger partial charge on any atom is -0.481 e. The van der Waals surface area contributed by atoms with Gasteiger partial charge >= 0.3 is 5.97 Å². The molecule has 0 radical (unpaired) electrons. The summed E-state index contributed by atoms with van der Waals surface area (Å²) in [6.45, 7) is 10.5. The second-order valence-electron chi connectivity index (χ2n) is 7.26. The molecule has 1 aliphatic carbocycles. The maximum Gasteiger partial charge on any atom is 0.311 e. The molecular formula is C16H29NO2. The Balaban J connectivity index is 2.03. The Labute approximate surface area is 117 Å². The fraction of sp³-hybridized carbons (Fsp3) is 0.938. The van der Waals surface area contributed by atoms with Crippen molar-refractivity contribution in [2.45, 2.75) is 59.4 Å². The minimum absolute atomic E-state index is 0.218. The summed E-state index contributed by atoms with van der Waals surface area (Å²) in [4.78, 5) is 14.2. The Morgan fingerprint density at radius 1 is 1.26 bits per heavy atom. The molecule has 0 amide bonds. The largest absolute Gasteiger partial charge is 0.481 e. The molecule has 0 spiro atoms. The van der Waals surface area contributed by atoms with Crippen LogP contribution in [0.4, 0.5) is 0 Å². The summed E-state index contributed by atoms with van der Waals surface area (Å²) in [6, 6.07) is 0.617. The van der Waals surface area contributed by atoms with Crippen molar-refractivity contribution in [3.05, 3.63) is 0 Å². The van der Waals surface area contributed by atoms with Crippen molar-refractivity contribution in [3.8, 4) is 0 Å². The molecule has 2 aliphatic rings. The first-order valence-corrected chi connectivity index (χ1v) is 7.84. The Bertz CT molecular complexity index is 342. The van der Waals surface area contributed by atoms with Gasteiger partial charge in [-0.2, -0.15) is 0 Å². The Hall–Kier alpha value is -0.570. The van der Waals surface area contributed by atoms with Gasteiger partial charge in [-0.15, -0.1) is 0 Å². The van der Waals surface area contributed by atoms with Crippen molar-refractivity contribution < 1.29 is 9.90 Å².